The van der Waals surface area contributed by atoms with Gasteiger partial charge in [0, 0.05) is 31.5 Å². The number of aromatic nitrogens is 1. The summed E-state index contributed by atoms with van der Waals surface area (Å²) in [7, 11) is 0. The zero-order valence-corrected chi connectivity index (χ0v) is 8.39. The van der Waals surface area contributed by atoms with E-state index in [-0.39, 0.29) is 0 Å². The first kappa shape index (κ1) is 9.62. The topological polar surface area (TPSA) is 42.1 Å². The zero-order valence-electron chi connectivity index (χ0n) is 8.39. The van der Waals surface area contributed by atoms with Gasteiger partial charge in [-0.05, 0) is 37.1 Å². The minimum atomic E-state index is 0.396. The molecular weight excluding hydrogens is 174 g/mol. The maximum atomic E-state index is 5.84. The molecule has 2 heterocycles. The standard InChI is InChI=1S/C11H17N3/c12-11-4-8-14(9-11)7-3-10-1-5-13-6-2-10/h1-2,5-6,11H,3-4,7-9,12H2/t11-/m0/s1. The van der Waals surface area contributed by atoms with Crippen LogP contribution in [0.15, 0.2) is 24.5 Å². The molecule has 1 aliphatic rings. The Morgan fingerprint density at radius 3 is 2.86 bits per heavy atom. The lowest BCUT2D eigenvalue weighted by molar-refractivity contribution is 0.339. The van der Waals surface area contributed by atoms with Crippen molar-refractivity contribution in [1.29, 1.82) is 0 Å². The van der Waals surface area contributed by atoms with Crippen molar-refractivity contribution >= 4 is 0 Å². The molecular formula is C11H17N3. The van der Waals surface area contributed by atoms with Crippen LogP contribution in [0.5, 0.6) is 0 Å². The summed E-state index contributed by atoms with van der Waals surface area (Å²) in [6.07, 6.45) is 5.96. The third kappa shape index (κ3) is 2.53. The minimum absolute atomic E-state index is 0.396. The van der Waals surface area contributed by atoms with E-state index in [1.165, 1.54) is 5.56 Å². The van der Waals surface area contributed by atoms with E-state index >= 15 is 0 Å². The molecule has 1 saturated heterocycles. The highest BCUT2D eigenvalue weighted by molar-refractivity contribution is 5.10. The first-order valence-electron chi connectivity index (χ1n) is 5.21. The average molecular weight is 191 g/mol. The highest BCUT2D eigenvalue weighted by Crippen LogP contribution is 2.08. The number of nitrogens with zero attached hydrogens (tertiary/aromatic N) is 2. The van der Waals surface area contributed by atoms with Crippen molar-refractivity contribution in [1.82, 2.24) is 9.88 Å². The molecule has 2 N–H and O–H groups in total. The van der Waals surface area contributed by atoms with Crippen LogP contribution in [-0.4, -0.2) is 35.6 Å². The van der Waals surface area contributed by atoms with Crippen LogP contribution in [0, 0.1) is 0 Å². The molecule has 0 amide bonds. The lowest BCUT2D eigenvalue weighted by atomic mass is 10.2. The summed E-state index contributed by atoms with van der Waals surface area (Å²) >= 11 is 0. The predicted octanol–water partition coefficient (Wildman–Crippen LogP) is 0.657. The molecule has 76 valence electrons. The lowest BCUT2D eigenvalue weighted by Gasteiger charge is -2.14. The fourth-order valence-electron chi connectivity index (χ4n) is 1.90. The Labute approximate surface area is 84.9 Å². The number of pyridine rings is 1. The maximum Gasteiger partial charge on any atom is 0.0270 e. The number of hydrogen-bond donors (Lipinski definition) is 1. The molecule has 1 aromatic rings. The van der Waals surface area contributed by atoms with Gasteiger partial charge in [0.05, 0.1) is 0 Å². The second-order valence-corrected chi connectivity index (χ2v) is 3.95. The summed E-state index contributed by atoms with van der Waals surface area (Å²) < 4.78 is 0. The van der Waals surface area contributed by atoms with Crippen LogP contribution in [-0.2, 0) is 6.42 Å². The Morgan fingerprint density at radius 2 is 2.21 bits per heavy atom. The van der Waals surface area contributed by atoms with Crippen molar-refractivity contribution in [3.8, 4) is 0 Å². The Bertz CT molecular complexity index is 273. The van der Waals surface area contributed by atoms with Gasteiger partial charge in [0.15, 0.2) is 0 Å². The quantitative estimate of drug-likeness (QED) is 0.763. The summed E-state index contributed by atoms with van der Waals surface area (Å²) in [6.45, 7) is 3.34. The molecule has 1 atom stereocenters. The molecule has 0 saturated carbocycles. The van der Waals surface area contributed by atoms with Gasteiger partial charge in [-0.3, -0.25) is 4.98 Å². The monoisotopic (exact) mass is 191 g/mol. The van der Waals surface area contributed by atoms with Crippen molar-refractivity contribution in [2.45, 2.75) is 18.9 Å². The van der Waals surface area contributed by atoms with E-state index in [9.17, 15) is 0 Å². The Kier molecular flexibility index (Phi) is 3.11. The van der Waals surface area contributed by atoms with Crippen LogP contribution >= 0.6 is 0 Å². The van der Waals surface area contributed by atoms with Crippen molar-refractivity contribution in [3.05, 3.63) is 30.1 Å². The first-order valence-corrected chi connectivity index (χ1v) is 5.21. The van der Waals surface area contributed by atoms with E-state index in [1.54, 1.807) is 0 Å². The van der Waals surface area contributed by atoms with E-state index in [4.69, 9.17) is 5.73 Å². The van der Waals surface area contributed by atoms with E-state index in [2.05, 4.69) is 22.0 Å². The molecule has 0 bridgehead atoms. The van der Waals surface area contributed by atoms with E-state index in [1.807, 2.05) is 12.4 Å². The molecule has 0 aromatic carbocycles. The van der Waals surface area contributed by atoms with Gasteiger partial charge in [0.1, 0.15) is 0 Å². The van der Waals surface area contributed by atoms with Crippen LogP contribution in [0.25, 0.3) is 0 Å². The smallest absolute Gasteiger partial charge is 0.0270 e. The van der Waals surface area contributed by atoms with Crippen molar-refractivity contribution in [3.63, 3.8) is 0 Å². The first-order chi connectivity index (χ1) is 6.84. The van der Waals surface area contributed by atoms with Crippen LogP contribution in [0.1, 0.15) is 12.0 Å². The molecule has 2 rings (SSSR count). The molecule has 14 heavy (non-hydrogen) atoms. The molecule has 0 radical (unpaired) electrons. The maximum absolute atomic E-state index is 5.84. The van der Waals surface area contributed by atoms with Crippen molar-refractivity contribution in [2.24, 2.45) is 5.73 Å². The number of likely N-dealkylation sites (tertiary alicyclic amines) is 1. The minimum Gasteiger partial charge on any atom is -0.326 e. The largest absolute Gasteiger partial charge is 0.326 e. The third-order valence-electron chi connectivity index (χ3n) is 2.77. The van der Waals surface area contributed by atoms with Gasteiger partial charge in [-0.25, -0.2) is 0 Å². The summed E-state index contributed by atoms with van der Waals surface area (Å²) in [4.78, 5) is 6.44. The third-order valence-corrected chi connectivity index (χ3v) is 2.77. The van der Waals surface area contributed by atoms with Crippen molar-refractivity contribution in [2.75, 3.05) is 19.6 Å². The Morgan fingerprint density at radius 1 is 1.43 bits per heavy atom. The number of nitrogens with two attached hydrogens (primary N) is 1. The van der Waals surface area contributed by atoms with Crippen LogP contribution in [0.3, 0.4) is 0 Å². The van der Waals surface area contributed by atoms with Gasteiger partial charge >= 0.3 is 0 Å². The Hall–Kier alpha value is -0.930. The molecule has 0 unspecified atom stereocenters. The highest BCUT2D eigenvalue weighted by Gasteiger charge is 2.17. The van der Waals surface area contributed by atoms with Gasteiger partial charge < -0.3 is 10.6 Å². The second-order valence-electron chi connectivity index (χ2n) is 3.95. The summed E-state index contributed by atoms with van der Waals surface area (Å²) in [6, 6.07) is 4.55. The summed E-state index contributed by atoms with van der Waals surface area (Å²) in [5.41, 5.74) is 7.20. The molecule has 1 aromatic heterocycles. The molecule has 1 fully saturated rings. The van der Waals surface area contributed by atoms with Gasteiger partial charge in [-0.1, -0.05) is 0 Å². The molecule has 0 aliphatic carbocycles. The zero-order chi connectivity index (χ0) is 9.80. The van der Waals surface area contributed by atoms with Crippen LogP contribution < -0.4 is 5.73 Å². The van der Waals surface area contributed by atoms with E-state index in [0.717, 1.165) is 32.5 Å². The Balaban J connectivity index is 1.78. The van der Waals surface area contributed by atoms with E-state index < -0.39 is 0 Å². The summed E-state index contributed by atoms with van der Waals surface area (Å²) in [5, 5.41) is 0. The molecule has 3 nitrogen and oxygen atoms in total. The molecule has 3 heteroatoms. The van der Waals surface area contributed by atoms with Crippen LogP contribution in [0.4, 0.5) is 0 Å². The number of hydrogen-bond acceptors (Lipinski definition) is 3. The van der Waals surface area contributed by atoms with E-state index in [0.29, 0.717) is 6.04 Å². The fraction of sp³-hybridized carbons (Fsp3) is 0.545. The second kappa shape index (κ2) is 4.53. The highest BCUT2D eigenvalue weighted by atomic mass is 15.2. The SMILES string of the molecule is N[C@H]1CCN(CCc2ccncc2)C1. The van der Waals surface area contributed by atoms with Crippen molar-refractivity contribution < 1.29 is 0 Å². The van der Waals surface area contributed by atoms with Crippen LogP contribution in [0.2, 0.25) is 0 Å². The fourth-order valence-corrected chi connectivity index (χ4v) is 1.90. The van der Waals surface area contributed by atoms with Gasteiger partial charge in [0.25, 0.3) is 0 Å². The lowest BCUT2D eigenvalue weighted by Crippen LogP contribution is -2.28. The number of rotatable bonds is 3. The molecule has 1 aliphatic heterocycles. The van der Waals surface area contributed by atoms with Gasteiger partial charge in [0.2, 0.25) is 0 Å². The van der Waals surface area contributed by atoms with Gasteiger partial charge in [-0.15, -0.1) is 0 Å². The van der Waals surface area contributed by atoms with Gasteiger partial charge in [-0.2, -0.15) is 0 Å². The average Bonchev–Trinajstić information content (AvgIpc) is 2.63. The molecule has 0 spiro atoms. The summed E-state index contributed by atoms with van der Waals surface area (Å²) in [5.74, 6) is 0. The predicted molar refractivity (Wildman–Crippen MR) is 57.0 cm³/mol. The normalized spacial score (nSPS) is 22.8.